The number of furan rings is 1. The quantitative estimate of drug-likeness (QED) is 0.775. The molecule has 1 atom stereocenters. The summed E-state index contributed by atoms with van der Waals surface area (Å²) in [5, 5.41) is 22.8. The molecule has 2 rings (SSSR count). The van der Waals surface area contributed by atoms with Crippen LogP contribution in [0.5, 0.6) is 11.7 Å². The molecule has 0 aliphatic rings. The maximum atomic E-state index is 11.4. The zero-order valence-electron chi connectivity index (χ0n) is 8.23. The molecule has 2 aromatic rings. The Morgan fingerprint density at radius 2 is 2.13 bits per heavy atom. The molecule has 2 radical (unpaired) electrons. The van der Waals surface area contributed by atoms with Gasteiger partial charge in [-0.1, -0.05) is 12.1 Å². The average Bonchev–Trinajstić information content (AvgIpc) is 2.50. The second-order valence-corrected chi connectivity index (χ2v) is 3.34. The molecular formula is C11H10O4. The van der Waals surface area contributed by atoms with E-state index in [9.17, 15) is 10.2 Å². The lowest BCUT2D eigenvalue weighted by Gasteiger charge is -2.03. The molecule has 0 spiro atoms. The summed E-state index contributed by atoms with van der Waals surface area (Å²) in [7, 11) is 0. The molecule has 1 unspecified atom stereocenters. The van der Waals surface area contributed by atoms with Gasteiger partial charge in [0.2, 0.25) is 5.75 Å². The Hall–Kier alpha value is -1.68. The highest BCUT2D eigenvalue weighted by Gasteiger charge is 2.16. The van der Waals surface area contributed by atoms with E-state index >= 15 is 0 Å². The minimum absolute atomic E-state index is 0.0290. The molecule has 0 saturated carbocycles. The Bertz CT molecular complexity index is 459. The number of para-hydroxylation sites is 1. The van der Waals surface area contributed by atoms with Crippen molar-refractivity contribution in [3.63, 3.8) is 0 Å². The van der Waals surface area contributed by atoms with Crippen LogP contribution in [-0.4, -0.2) is 12.7 Å². The van der Waals surface area contributed by atoms with Gasteiger partial charge in [0.25, 0.3) is 0 Å². The Morgan fingerprint density at radius 1 is 1.40 bits per heavy atom. The number of fused-ring (bicyclic) bond motifs is 1. The second-order valence-electron chi connectivity index (χ2n) is 3.34. The molecule has 0 aliphatic carbocycles. The number of ether oxygens (including phenoxy) is 1. The summed E-state index contributed by atoms with van der Waals surface area (Å²) in [4.78, 5) is 0. The van der Waals surface area contributed by atoms with Crippen molar-refractivity contribution < 1.29 is 19.4 Å². The lowest BCUT2D eigenvalue weighted by atomic mass is 10.2. The standard InChI is InChI=1S/C11H10O4/c1-7(12)6-14-10-8-4-2-3-5-9(8)15-11(10)13/h2-5,7H,6H2,1H3. The SMILES string of the molecule is CC([O])COc1c([O])oc2ccccc12. The van der Waals surface area contributed by atoms with Crippen molar-refractivity contribution in [2.75, 3.05) is 6.61 Å². The van der Waals surface area contributed by atoms with Crippen molar-refractivity contribution in [2.24, 2.45) is 0 Å². The molecule has 1 heterocycles. The molecule has 0 amide bonds. The molecule has 0 N–H and O–H groups in total. The third-order valence-electron chi connectivity index (χ3n) is 1.98. The average molecular weight is 206 g/mol. The van der Waals surface area contributed by atoms with Gasteiger partial charge in [0.15, 0.2) is 0 Å². The van der Waals surface area contributed by atoms with Gasteiger partial charge in [0.1, 0.15) is 18.3 Å². The maximum Gasteiger partial charge on any atom is 0.379 e. The minimum atomic E-state index is -0.863. The summed E-state index contributed by atoms with van der Waals surface area (Å²) in [5.74, 6) is -0.398. The third-order valence-corrected chi connectivity index (χ3v) is 1.98. The summed E-state index contributed by atoms with van der Waals surface area (Å²) in [5.41, 5.74) is 0.482. The van der Waals surface area contributed by atoms with Gasteiger partial charge >= 0.3 is 5.95 Å². The van der Waals surface area contributed by atoms with E-state index < -0.39 is 12.1 Å². The molecule has 15 heavy (non-hydrogen) atoms. The second kappa shape index (κ2) is 3.82. The number of hydrogen-bond donors (Lipinski definition) is 0. The fraction of sp³-hybridized carbons (Fsp3) is 0.273. The van der Waals surface area contributed by atoms with Crippen molar-refractivity contribution in [3.8, 4) is 11.7 Å². The lowest BCUT2D eigenvalue weighted by Crippen LogP contribution is -2.11. The maximum absolute atomic E-state index is 11.4. The third kappa shape index (κ3) is 1.89. The topological polar surface area (TPSA) is 62.2 Å². The van der Waals surface area contributed by atoms with Crippen molar-refractivity contribution in [1.82, 2.24) is 0 Å². The van der Waals surface area contributed by atoms with Gasteiger partial charge in [-0.25, -0.2) is 10.2 Å². The number of rotatable bonds is 3. The van der Waals surface area contributed by atoms with E-state index in [0.717, 1.165) is 0 Å². The molecule has 78 valence electrons. The van der Waals surface area contributed by atoms with E-state index in [0.29, 0.717) is 11.0 Å². The highest BCUT2D eigenvalue weighted by Crippen LogP contribution is 2.38. The van der Waals surface area contributed by atoms with Crippen LogP contribution in [0, 0.1) is 0 Å². The molecule has 0 saturated heterocycles. The monoisotopic (exact) mass is 206 g/mol. The smallest absolute Gasteiger partial charge is 0.379 e. The summed E-state index contributed by atoms with van der Waals surface area (Å²) in [6.07, 6.45) is -0.863. The van der Waals surface area contributed by atoms with Crippen LogP contribution in [0.4, 0.5) is 0 Å². The van der Waals surface area contributed by atoms with Gasteiger partial charge in [0, 0.05) is 0 Å². The molecular weight excluding hydrogens is 196 g/mol. The zero-order valence-corrected chi connectivity index (χ0v) is 8.23. The van der Waals surface area contributed by atoms with Crippen LogP contribution in [0.15, 0.2) is 28.7 Å². The van der Waals surface area contributed by atoms with Gasteiger partial charge in [-0.05, 0) is 19.1 Å². The number of benzene rings is 1. The first-order chi connectivity index (χ1) is 7.18. The molecule has 4 heteroatoms. The van der Waals surface area contributed by atoms with Gasteiger partial charge in [0.05, 0.1) is 5.39 Å². The van der Waals surface area contributed by atoms with Crippen molar-refractivity contribution in [3.05, 3.63) is 24.3 Å². The van der Waals surface area contributed by atoms with Crippen LogP contribution in [0.2, 0.25) is 0 Å². The van der Waals surface area contributed by atoms with Crippen molar-refractivity contribution >= 4 is 11.0 Å². The van der Waals surface area contributed by atoms with E-state index in [1.807, 2.05) is 0 Å². The summed E-state index contributed by atoms with van der Waals surface area (Å²) >= 11 is 0. The molecule has 0 fully saturated rings. The van der Waals surface area contributed by atoms with Crippen LogP contribution in [0.3, 0.4) is 0 Å². The van der Waals surface area contributed by atoms with Crippen LogP contribution in [0.1, 0.15) is 6.92 Å². The van der Waals surface area contributed by atoms with Gasteiger partial charge in [-0.3, -0.25) is 0 Å². The normalized spacial score (nSPS) is 12.9. The van der Waals surface area contributed by atoms with Crippen LogP contribution in [0.25, 0.3) is 11.0 Å². The fourth-order valence-electron chi connectivity index (χ4n) is 1.34. The largest absolute Gasteiger partial charge is 0.483 e. The van der Waals surface area contributed by atoms with E-state index in [-0.39, 0.29) is 12.4 Å². The van der Waals surface area contributed by atoms with Gasteiger partial charge in [-0.2, -0.15) is 0 Å². The van der Waals surface area contributed by atoms with E-state index in [4.69, 9.17) is 9.15 Å². The molecule has 0 aliphatic heterocycles. The summed E-state index contributed by atoms with van der Waals surface area (Å²) in [6, 6.07) is 6.96. The highest BCUT2D eigenvalue weighted by atomic mass is 16.5. The molecule has 0 bridgehead atoms. The van der Waals surface area contributed by atoms with Crippen LogP contribution in [-0.2, 0) is 10.2 Å². The molecule has 1 aromatic carbocycles. The van der Waals surface area contributed by atoms with Crippen LogP contribution < -0.4 is 4.74 Å². The number of hydrogen-bond acceptors (Lipinski definition) is 2. The van der Waals surface area contributed by atoms with E-state index in [1.54, 1.807) is 24.3 Å². The Labute approximate surface area is 86.7 Å². The molecule has 1 aromatic heterocycles. The van der Waals surface area contributed by atoms with Crippen molar-refractivity contribution in [1.29, 1.82) is 0 Å². The zero-order chi connectivity index (χ0) is 10.8. The summed E-state index contributed by atoms with van der Waals surface area (Å²) < 4.78 is 10.1. The Balaban J connectivity index is 2.36. The Morgan fingerprint density at radius 3 is 2.87 bits per heavy atom. The molecule has 4 nitrogen and oxygen atoms in total. The highest BCUT2D eigenvalue weighted by molar-refractivity contribution is 5.86. The van der Waals surface area contributed by atoms with Gasteiger partial charge < -0.3 is 9.15 Å². The van der Waals surface area contributed by atoms with E-state index in [1.165, 1.54) is 6.92 Å². The lowest BCUT2D eigenvalue weighted by molar-refractivity contribution is 0.0565. The first kappa shape index (κ1) is 9.86. The minimum Gasteiger partial charge on any atom is -0.483 e. The first-order valence-corrected chi connectivity index (χ1v) is 4.65. The van der Waals surface area contributed by atoms with Gasteiger partial charge in [-0.15, -0.1) is 0 Å². The summed E-state index contributed by atoms with van der Waals surface area (Å²) in [6.45, 7) is 1.45. The van der Waals surface area contributed by atoms with Crippen LogP contribution >= 0.6 is 0 Å². The fourth-order valence-corrected chi connectivity index (χ4v) is 1.34. The van der Waals surface area contributed by atoms with Crippen molar-refractivity contribution in [2.45, 2.75) is 13.0 Å². The van der Waals surface area contributed by atoms with E-state index in [2.05, 4.69) is 0 Å². The Kier molecular flexibility index (Phi) is 2.51. The predicted molar refractivity (Wildman–Crippen MR) is 52.0 cm³/mol. The first-order valence-electron chi connectivity index (χ1n) is 4.65. The predicted octanol–water partition coefficient (Wildman–Crippen LogP) is 2.77.